The number of hydrogen-bond acceptors (Lipinski definition) is 4. The number of nitrogens with two attached hydrogens (primary N) is 1. The van der Waals surface area contributed by atoms with Gasteiger partial charge in [-0.15, -0.1) is 0 Å². The fourth-order valence-corrected chi connectivity index (χ4v) is 3.13. The molecule has 0 aliphatic heterocycles. The zero-order valence-corrected chi connectivity index (χ0v) is 14.3. The molecule has 122 valence electrons. The molecule has 0 spiro atoms. The lowest BCUT2D eigenvalue weighted by molar-refractivity contribution is 0.601. The fraction of sp³-hybridized carbons (Fsp3) is 0.111. The first-order chi connectivity index (χ1) is 11.5. The first-order valence-electron chi connectivity index (χ1n) is 7.40. The maximum absolute atomic E-state index is 11.5. The van der Waals surface area contributed by atoms with Crippen molar-refractivity contribution in [3.63, 3.8) is 0 Å². The van der Waals surface area contributed by atoms with Crippen molar-refractivity contribution < 1.29 is 4.55 Å². The Hall–Kier alpha value is -2.57. The predicted octanol–water partition coefficient (Wildman–Crippen LogP) is 3.08. The number of allylic oxidation sites excluding steroid dienone is 1. The highest BCUT2D eigenvalue weighted by Gasteiger charge is 2.11. The number of benzene rings is 1. The highest BCUT2D eigenvalue weighted by molar-refractivity contribution is 7.90. The van der Waals surface area contributed by atoms with Gasteiger partial charge in [0.2, 0.25) is 0 Å². The highest BCUT2D eigenvalue weighted by atomic mass is 32.2. The summed E-state index contributed by atoms with van der Waals surface area (Å²) in [6.45, 7) is 1.71. The van der Waals surface area contributed by atoms with E-state index in [4.69, 9.17) is 11.1 Å². The van der Waals surface area contributed by atoms with E-state index >= 15 is 0 Å². The van der Waals surface area contributed by atoms with Crippen molar-refractivity contribution >= 4 is 28.1 Å². The van der Waals surface area contributed by atoms with E-state index in [-0.39, 0.29) is 0 Å². The van der Waals surface area contributed by atoms with E-state index in [2.05, 4.69) is 4.98 Å². The molecule has 5 nitrogen and oxygen atoms in total. The first kappa shape index (κ1) is 16.3. The van der Waals surface area contributed by atoms with Crippen LogP contribution in [0.4, 0.5) is 0 Å². The lowest BCUT2D eigenvalue weighted by Gasteiger charge is -2.09. The summed E-state index contributed by atoms with van der Waals surface area (Å²) in [5.74, 6) is 0. The topological polar surface area (TPSA) is 90.2 Å². The van der Waals surface area contributed by atoms with Crippen LogP contribution in [-0.2, 0) is 11.2 Å². The van der Waals surface area contributed by atoms with E-state index in [0.29, 0.717) is 11.3 Å². The minimum absolute atomic E-state index is 0.410. The quantitative estimate of drug-likeness (QED) is 0.566. The van der Waals surface area contributed by atoms with E-state index in [9.17, 15) is 4.55 Å². The summed E-state index contributed by atoms with van der Waals surface area (Å²) in [6.07, 6.45) is 6.85. The van der Waals surface area contributed by atoms with Crippen molar-refractivity contribution in [3.8, 4) is 11.3 Å². The van der Waals surface area contributed by atoms with Crippen molar-refractivity contribution in [1.29, 1.82) is 5.41 Å². The number of nitrogens with one attached hydrogen (secondary N) is 1. The second-order valence-corrected chi connectivity index (χ2v) is 6.85. The summed E-state index contributed by atoms with van der Waals surface area (Å²) in [6, 6.07) is 11.4. The molecule has 0 radical (unpaired) electrons. The lowest BCUT2D eigenvalue weighted by atomic mass is 10.1. The zero-order valence-electron chi connectivity index (χ0n) is 13.5. The Bertz CT molecular complexity index is 926. The number of hydrogen-bond donors (Lipinski definition) is 2. The smallest absolute Gasteiger partial charge is 0.152 e. The molecule has 0 fully saturated rings. The number of pyridine rings is 1. The molecule has 1 unspecified atom stereocenters. The van der Waals surface area contributed by atoms with Gasteiger partial charge in [0.05, 0.1) is 11.9 Å². The molecule has 0 aliphatic carbocycles. The summed E-state index contributed by atoms with van der Waals surface area (Å²) < 4.78 is 13.5. The van der Waals surface area contributed by atoms with Crippen LogP contribution in [0.25, 0.3) is 22.5 Å². The maximum atomic E-state index is 11.5. The third-order valence-corrected chi connectivity index (χ3v) is 4.81. The third kappa shape index (κ3) is 2.93. The number of rotatable bonds is 4. The van der Waals surface area contributed by atoms with E-state index < -0.39 is 11.2 Å². The Balaban J connectivity index is 2.10. The molecule has 24 heavy (non-hydrogen) atoms. The summed E-state index contributed by atoms with van der Waals surface area (Å²) in [4.78, 5) is 5.21. The van der Waals surface area contributed by atoms with Crippen LogP contribution >= 0.6 is 0 Å². The third-order valence-electron chi connectivity index (χ3n) is 3.87. The number of nitrogens with zero attached hydrogens (tertiary/aromatic N) is 2. The lowest BCUT2D eigenvalue weighted by Crippen LogP contribution is -2.01. The van der Waals surface area contributed by atoms with Gasteiger partial charge in [-0.25, -0.2) is 4.98 Å². The van der Waals surface area contributed by atoms with Crippen molar-refractivity contribution in [2.45, 2.75) is 11.8 Å². The first-order valence-corrected chi connectivity index (χ1v) is 8.96. The molecule has 0 saturated carbocycles. The molecular formula is C18H18N4OS. The standard InChI is InChI=1S/C18H18N4OS/c1-12(20)16(9-19)14-5-8-18-21-10-17(22(18)11-14)13-3-6-15(7-4-13)24(2)23/h3-11,20H,19H2,1-2H3/b16-9+,20-12?. The molecule has 3 rings (SSSR count). The Morgan fingerprint density at radius 3 is 2.54 bits per heavy atom. The van der Waals surface area contributed by atoms with Crippen LogP contribution in [0.2, 0.25) is 0 Å². The van der Waals surface area contributed by atoms with Gasteiger partial charge in [-0.05, 0) is 54.5 Å². The predicted molar refractivity (Wildman–Crippen MR) is 98.5 cm³/mol. The minimum atomic E-state index is -0.995. The van der Waals surface area contributed by atoms with E-state index in [1.165, 1.54) is 6.20 Å². The summed E-state index contributed by atoms with van der Waals surface area (Å²) in [7, 11) is 0. The van der Waals surface area contributed by atoms with Crippen molar-refractivity contribution in [1.82, 2.24) is 9.38 Å². The molecule has 2 aromatic heterocycles. The Labute approximate surface area is 143 Å². The summed E-state index contributed by atoms with van der Waals surface area (Å²) >= 11 is -0.995. The maximum Gasteiger partial charge on any atom is 0.152 e. The van der Waals surface area contributed by atoms with Crippen LogP contribution in [0.5, 0.6) is 0 Å². The Morgan fingerprint density at radius 1 is 1.25 bits per heavy atom. The number of imidazole rings is 1. The van der Waals surface area contributed by atoms with Crippen molar-refractivity contribution in [2.24, 2.45) is 5.73 Å². The second-order valence-electron chi connectivity index (χ2n) is 5.47. The van der Waals surface area contributed by atoms with Gasteiger partial charge in [-0.1, -0.05) is 0 Å². The zero-order chi connectivity index (χ0) is 17.3. The molecule has 0 aliphatic rings. The molecule has 3 aromatic rings. The molecule has 1 atom stereocenters. The van der Waals surface area contributed by atoms with E-state index in [0.717, 1.165) is 27.4 Å². The highest BCUT2D eigenvalue weighted by Crippen LogP contribution is 2.24. The molecule has 0 saturated heterocycles. The van der Waals surface area contributed by atoms with Crippen LogP contribution < -0.4 is 5.73 Å². The molecule has 3 N–H and O–H groups in total. The van der Waals surface area contributed by atoms with Gasteiger partial charge in [0.25, 0.3) is 0 Å². The monoisotopic (exact) mass is 338 g/mol. The second kappa shape index (κ2) is 6.51. The van der Waals surface area contributed by atoms with E-state index in [1.807, 2.05) is 47.0 Å². The molecule has 6 heteroatoms. The largest absolute Gasteiger partial charge is 0.612 e. The summed E-state index contributed by atoms with van der Waals surface area (Å²) in [5.41, 5.74) is 10.4. The molecular weight excluding hydrogens is 320 g/mol. The number of fused-ring (bicyclic) bond motifs is 1. The Kier molecular flexibility index (Phi) is 4.42. The van der Waals surface area contributed by atoms with Gasteiger partial charge in [-0.3, -0.25) is 4.40 Å². The molecule has 2 heterocycles. The number of aromatic nitrogens is 2. The van der Waals surface area contributed by atoms with Crippen LogP contribution in [-0.4, -0.2) is 25.9 Å². The average molecular weight is 338 g/mol. The van der Waals surface area contributed by atoms with E-state index in [1.54, 1.807) is 19.4 Å². The SMILES string of the molecule is CC(=N)/C(=C\N)c1ccc2ncc(-c3ccc([S+](C)[O-])cc3)n2c1. The van der Waals surface area contributed by atoms with Gasteiger partial charge in [0, 0.05) is 34.8 Å². The van der Waals surface area contributed by atoms with Gasteiger partial charge >= 0.3 is 0 Å². The average Bonchev–Trinajstić information content (AvgIpc) is 2.98. The van der Waals surface area contributed by atoms with Crippen LogP contribution in [0.3, 0.4) is 0 Å². The molecule has 1 aromatic carbocycles. The van der Waals surface area contributed by atoms with Crippen molar-refractivity contribution in [3.05, 3.63) is 60.6 Å². The van der Waals surface area contributed by atoms with Gasteiger partial charge in [0.1, 0.15) is 11.9 Å². The molecule has 0 bridgehead atoms. The van der Waals surface area contributed by atoms with Crippen LogP contribution in [0.15, 0.2) is 59.9 Å². The van der Waals surface area contributed by atoms with Crippen LogP contribution in [0, 0.1) is 5.41 Å². The minimum Gasteiger partial charge on any atom is -0.612 e. The fourth-order valence-electron chi connectivity index (χ4n) is 2.61. The van der Waals surface area contributed by atoms with Gasteiger partial charge in [-0.2, -0.15) is 0 Å². The van der Waals surface area contributed by atoms with Gasteiger partial charge < -0.3 is 15.7 Å². The normalized spacial score (nSPS) is 13.2. The summed E-state index contributed by atoms with van der Waals surface area (Å²) in [5, 5.41) is 7.84. The van der Waals surface area contributed by atoms with Gasteiger partial charge in [0.15, 0.2) is 4.90 Å². The molecule has 0 amide bonds. The Morgan fingerprint density at radius 2 is 1.96 bits per heavy atom. The van der Waals surface area contributed by atoms with Crippen molar-refractivity contribution in [2.75, 3.05) is 6.26 Å². The van der Waals surface area contributed by atoms with Crippen LogP contribution in [0.1, 0.15) is 12.5 Å².